The first-order valence-corrected chi connectivity index (χ1v) is 5.84. The Morgan fingerprint density at radius 1 is 1.33 bits per heavy atom. The van der Waals surface area contributed by atoms with Crippen molar-refractivity contribution < 1.29 is 14.3 Å². The summed E-state index contributed by atoms with van der Waals surface area (Å²) in [6.45, 7) is 2.78. The van der Waals surface area contributed by atoms with Crippen LogP contribution in [0.5, 0.6) is 5.75 Å². The van der Waals surface area contributed by atoms with Gasteiger partial charge < -0.3 is 9.47 Å². The van der Waals surface area contributed by atoms with Gasteiger partial charge in [0, 0.05) is 5.56 Å². The van der Waals surface area contributed by atoms with E-state index in [0.717, 1.165) is 18.8 Å². The van der Waals surface area contributed by atoms with Gasteiger partial charge in [0.2, 0.25) is 5.78 Å². The maximum atomic E-state index is 11.8. The van der Waals surface area contributed by atoms with E-state index < -0.39 is 0 Å². The maximum Gasteiger partial charge on any atom is 0.205 e. The van der Waals surface area contributed by atoms with E-state index in [4.69, 9.17) is 9.47 Å². The highest BCUT2D eigenvalue weighted by atomic mass is 16.5. The number of benzene rings is 1. The molecule has 1 fully saturated rings. The molecule has 0 radical (unpaired) electrons. The fourth-order valence-corrected chi connectivity index (χ4v) is 1.63. The average molecular weight is 248 g/mol. The molecule has 0 unspecified atom stereocenters. The van der Waals surface area contributed by atoms with Crippen molar-refractivity contribution in [2.75, 3.05) is 33.4 Å². The lowest BCUT2D eigenvalue weighted by Crippen LogP contribution is -2.32. The Labute approximate surface area is 106 Å². The number of ketones is 1. The van der Waals surface area contributed by atoms with Crippen LogP contribution >= 0.6 is 0 Å². The van der Waals surface area contributed by atoms with Crippen LogP contribution in [0.4, 0.5) is 0 Å². The lowest BCUT2D eigenvalue weighted by atomic mass is 10.1. The number of morpholine rings is 1. The van der Waals surface area contributed by atoms with Gasteiger partial charge in [-0.05, 0) is 24.3 Å². The van der Waals surface area contributed by atoms with Gasteiger partial charge in [-0.1, -0.05) is 0 Å². The first-order chi connectivity index (χ1) is 8.79. The molecule has 1 aromatic rings. The predicted octanol–water partition coefficient (Wildman–Crippen LogP) is 1.20. The fraction of sp³-hybridized carbons (Fsp3) is 0.385. The Bertz CT molecular complexity index is 422. The molecule has 0 saturated carbocycles. The number of nitrogens with zero attached hydrogens (tertiary/aromatic N) is 2. The molecule has 0 spiro atoms. The molecule has 1 aliphatic heterocycles. The molecule has 0 N–H and O–H groups in total. The van der Waals surface area contributed by atoms with Crippen LogP contribution in [0.3, 0.4) is 0 Å². The molecule has 5 heteroatoms. The Morgan fingerprint density at radius 3 is 2.61 bits per heavy atom. The summed E-state index contributed by atoms with van der Waals surface area (Å²) < 4.78 is 10.2. The summed E-state index contributed by atoms with van der Waals surface area (Å²) >= 11 is 0. The highest BCUT2D eigenvalue weighted by Gasteiger charge is 2.08. The fourth-order valence-electron chi connectivity index (χ4n) is 1.63. The summed E-state index contributed by atoms with van der Waals surface area (Å²) in [5, 5.41) is 5.99. The monoisotopic (exact) mass is 248 g/mol. The molecule has 1 aromatic carbocycles. The van der Waals surface area contributed by atoms with Crippen LogP contribution < -0.4 is 4.74 Å². The van der Waals surface area contributed by atoms with Crippen molar-refractivity contribution in [3.05, 3.63) is 29.8 Å². The van der Waals surface area contributed by atoms with Gasteiger partial charge in [-0.15, -0.1) is 0 Å². The number of hydrogen-bond acceptors (Lipinski definition) is 5. The molecule has 1 heterocycles. The van der Waals surface area contributed by atoms with Gasteiger partial charge in [-0.25, -0.2) is 0 Å². The third-order valence-corrected chi connectivity index (χ3v) is 2.70. The van der Waals surface area contributed by atoms with E-state index in [0.29, 0.717) is 18.8 Å². The van der Waals surface area contributed by atoms with Gasteiger partial charge in [0.25, 0.3) is 0 Å². The number of carbonyl (C=O) groups excluding carboxylic acids is 1. The lowest BCUT2D eigenvalue weighted by molar-refractivity contribution is 0.0395. The van der Waals surface area contributed by atoms with E-state index in [1.54, 1.807) is 31.4 Å². The summed E-state index contributed by atoms with van der Waals surface area (Å²) in [6.07, 6.45) is 1.35. The molecule has 0 bridgehead atoms. The second kappa shape index (κ2) is 6.16. The predicted molar refractivity (Wildman–Crippen MR) is 68.2 cm³/mol. The van der Waals surface area contributed by atoms with Crippen molar-refractivity contribution in [1.29, 1.82) is 0 Å². The zero-order valence-corrected chi connectivity index (χ0v) is 10.3. The van der Waals surface area contributed by atoms with E-state index in [1.807, 2.05) is 5.01 Å². The Morgan fingerprint density at radius 2 is 2.00 bits per heavy atom. The van der Waals surface area contributed by atoms with Crippen molar-refractivity contribution in [2.45, 2.75) is 0 Å². The van der Waals surface area contributed by atoms with Crippen molar-refractivity contribution >= 4 is 12.0 Å². The molecule has 1 aliphatic rings. The van der Waals surface area contributed by atoms with E-state index in [9.17, 15) is 4.79 Å². The summed E-state index contributed by atoms with van der Waals surface area (Å²) in [4.78, 5) is 11.8. The van der Waals surface area contributed by atoms with Crippen LogP contribution in [0.25, 0.3) is 0 Å². The molecule has 0 aliphatic carbocycles. The van der Waals surface area contributed by atoms with Crippen molar-refractivity contribution in [2.24, 2.45) is 5.10 Å². The Balaban J connectivity index is 1.95. The van der Waals surface area contributed by atoms with Gasteiger partial charge in [-0.2, -0.15) is 5.10 Å². The Kier molecular flexibility index (Phi) is 4.30. The van der Waals surface area contributed by atoms with Gasteiger partial charge in [0.05, 0.1) is 39.6 Å². The highest BCUT2D eigenvalue weighted by molar-refractivity contribution is 6.35. The van der Waals surface area contributed by atoms with Crippen LogP contribution in [0, 0.1) is 0 Å². The van der Waals surface area contributed by atoms with E-state index in [-0.39, 0.29) is 5.78 Å². The molecule has 96 valence electrons. The molecule has 0 aromatic heterocycles. The zero-order chi connectivity index (χ0) is 12.8. The van der Waals surface area contributed by atoms with E-state index >= 15 is 0 Å². The normalized spacial score (nSPS) is 15.9. The molecule has 0 amide bonds. The van der Waals surface area contributed by atoms with Crippen LogP contribution in [-0.2, 0) is 4.74 Å². The number of Topliss-reactive ketones (excluding diaryl/α,β-unsaturated/α-hetero) is 1. The SMILES string of the molecule is COc1ccc(C(=O)C=NN2CCOCC2)cc1. The quantitative estimate of drug-likeness (QED) is 0.593. The smallest absolute Gasteiger partial charge is 0.205 e. The molecular weight excluding hydrogens is 232 g/mol. The van der Waals surface area contributed by atoms with E-state index in [1.165, 1.54) is 6.21 Å². The highest BCUT2D eigenvalue weighted by Crippen LogP contribution is 2.11. The largest absolute Gasteiger partial charge is 0.497 e. The van der Waals surface area contributed by atoms with Crippen molar-refractivity contribution in [3.8, 4) is 5.75 Å². The second-order valence-electron chi connectivity index (χ2n) is 3.90. The number of ether oxygens (including phenoxy) is 2. The van der Waals surface area contributed by atoms with Crippen LogP contribution in [0.1, 0.15) is 10.4 Å². The molecule has 18 heavy (non-hydrogen) atoms. The number of hydrazone groups is 1. The third kappa shape index (κ3) is 3.30. The topological polar surface area (TPSA) is 51.1 Å². The minimum atomic E-state index is -0.107. The standard InChI is InChI=1S/C13H16N2O3/c1-17-12-4-2-11(3-5-12)13(16)10-14-15-6-8-18-9-7-15/h2-5,10H,6-9H2,1H3. The van der Waals surface area contributed by atoms with E-state index in [2.05, 4.69) is 5.10 Å². The maximum absolute atomic E-state index is 11.8. The van der Waals surface area contributed by atoms with Gasteiger partial charge in [0.15, 0.2) is 0 Å². The average Bonchev–Trinajstić information content (AvgIpc) is 2.46. The zero-order valence-electron chi connectivity index (χ0n) is 10.3. The molecule has 1 saturated heterocycles. The molecule has 0 atom stereocenters. The number of methoxy groups -OCH3 is 1. The van der Waals surface area contributed by atoms with Gasteiger partial charge in [0.1, 0.15) is 5.75 Å². The van der Waals surface area contributed by atoms with Crippen LogP contribution in [-0.4, -0.2) is 50.4 Å². The number of carbonyl (C=O) groups is 1. The summed E-state index contributed by atoms with van der Waals surface area (Å²) in [5.41, 5.74) is 0.604. The van der Waals surface area contributed by atoms with Gasteiger partial charge in [-0.3, -0.25) is 9.80 Å². The third-order valence-electron chi connectivity index (χ3n) is 2.70. The molecular formula is C13H16N2O3. The van der Waals surface area contributed by atoms with Crippen molar-refractivity contribution in [1.82, 2.24) is 5.01 Å². The van der Waals surface area contributed by atoms with Crippen LogP contribution in [0.15, 0.2) is 29.4 Å². The molecule has 5 nitrogen and oxygen atoms in total. The van der Waals surface area contributed by atoms with Crippen LogP contribution in [0.2, 0.25) is 0 Å². The lowest BCUT2D eigenvalue weighted by Gasteiger charge is -2.23. The minimum Gasteiger partial charge on any atom is -0.497 e. The first kappa shape index (κ1) is 12.6. The first-order valence-electron chi connectivity index (χ1n) is 5.84. The molecule has 2 rings (SSSR count). The summed E-state index contributed by atoms with van der Waals surface area (Å²) in [7, 11) is 1.59. The van der Waals surface area contributed by atoms with Gasteiger partial charge >= 0.3 is 0 Å². The number of rotatable bonds is 4. The summed E-state index contributed by atoms with van der Waals surface area (Å²) in [6, 6.07) is 6.98. The minimum absolute atomic E-state index is 0.107. The summed E-state index contributed by atoms with van der Waals surface area (Å²) in [5.74, 6) is 0.626. The second-order valence-corrected chi connectivity index (χ2v) is 3.90. The van der Waals surface area contributed by atoms with Crippen molar-refractivity contribution in [3.63, 3.8) is 0 Å². The Hall–Kier alpha value is -1.88. The number of hydrogen-bond donors (Lipinski definition) is 0.